The van der Waals surface area contributed by atoms with Gasteiger partial charge >= 0.3 is 6.18 Å². The summed E-state index contributed by atoms with van der Waals surface area (Å²) < 4.78 is 63.5. The van der Waals surface area contributed by atoms with E-state index in [0.717, 1.165) is 12.4 Å². The molecule has 8 nitrogen and oxygen atoms in total. The van der Waals surface area contributed by atoms with Crippen LogP contribution in [0, 0.1) is 0 Å². The average Bonchev–Trinajstić information content (AvgIpc) is 2.84. The highest BCUT2D eigenvalue weighted by Crippen LogP contribution is 2.34. The van der Waals surface area contributed by atoms with Gasteiger partial charge in [-0.1, -0.05) is 12.1 Å². The molecule has 4 rings (SSSR count). The number of hydrogen-bond donors (Lipinski definition) is 2. The average molecular weight is 462 g/mol. The monoisotopic (exact) mass is 462 g/mol. The number of hydrogen-bond acceptors (Lipinski definition) is 6. The number of aromatic nitrogens is 2. The SMILES string of the molecule is O=C(NCc1cnc(C(F)(F)F)nc1)c1ccc2c(c1)NC(=O)c1ccccc1S2(=O)=O. The van der Waals surface area contributed by atoms with Gasteiger partial charge in [0.2, 0.25) is 15.7 Å². The quantitative estimate of drug-likeness (QED) is 0.618. The van der Waals surface area contributed by atoms with Crippen molar-refractivity contribution < 1.29 is 31.2 Å². The zero-order chi connectivity index (χ0) is 23.1. The van der Waals surface area contributed by atoms with Crippen molar-refractivity contribution in [1.82, 2.24) is 15.3 Å². The summed E-state index contributed by atoms with van der Waals surface area (Å²) in [6.45, 7) is -0.163. The third kappa shape index (κ3) is 3.91. The molecule has 1 aromatic heterocycles. The van der Waals surface area contributed by atoms with Gasteiger partial charge in [-0.2, -0.15) is 13.2 Å². The Morgan fingerprint density at radius 1 is 1.03 bits per heavy atom. The molecule has 0 fully saturated rings. The van der Waals surface area contributed by atoms with Gasteiger partial charge in [-0.25, -0.2) is 18.4 Å². The molecular weight excluding hydrogens is 449 g/mol. The van der Waals surface area contributed by atoms with Crippen LogP contribution in [-0.2, 0) is 22.6 Å². The van der Waals surface area contributed by atoms with Gasteiger partial charge in [0, 0.05) is 30.1 Å². The summed E-state index contributed by atoms with van der Waals surface area (Å²) in [7, 11) is -4.01. The predicted molar refractivity (Wildman–Crippen MR) is 104 cm³/mol. The molecule has 0 spiro atoms. The number of carbonyl (C=O) groups is 2. The van der Waals surface area contributed by atoms with Crippen LogP contribution in [0.15, 0.2) is 64.6 Å². The Labute approximate surface area is 179 Å². The molecule has 2 aromatic carbocycles. The smallest absolute Gasteiger partial charge is 0.348 e. The van der Waals surface area contributed by atoms with Gasteiger partial charge in [0.05, 0.1) is 21.0 Å². The molecule has 0 aliphatic carbocycles. The third-order valence-corrected chi connectivity index (χ3v) is 6.48. The van der Waals surface area contributed by atoms with Crippen LogP contribution < -0.4 is 10.6 Å². The molecule has 2 N–H and O–H groups in total. The number of anilines is 1. The van der Waals surface area contributed by atoms with Crippen LogP contribution in [0.4, 0.5) is 18.9 Å². The highest BCUT2D eigenvalue weighted by Gasteiger charge is 2.34. The number of carbonyl (C=O) groups excluding carboxylic acids is 2. The van der Waals surface area contributed by atoms with Crippen molar-refractivity contribution in [2.24, 2.45) is 0 Å². The van der Waals surface area contributed by atoms with E-state index in [1.807, 2.05) is 0 Å². The molecule has 1 aliphatic rings. The standard InChI is InChI=1S/C20H13F3N4O4S/c21-20(22,23)19-25-9-11(10-26-19)8-24-17(28)12-5-6-16-14(7-12)27-18(29)13-3-1-2-4-15(13)32(16,30)31/h1-7,9-10H,8H2,(H,24,28)(H,27,29). The molecule has 1 aliphatic heterocycles. The number of nitrogens with zero attached hydrogens (tertiary/aromatic N) is 2. The van der Waals surface area contributed by atoms with Crippen molar-refractivity contribution in [2.75, 3.05) is 5.32 Å². The molecule has 3 aromatic rings. The number of halogens is 3. The molecule has 12 heteroatoms. The molecule has 0 saturated carbocycles. The zero-order valence-corrected chi connectivity index (χ0v) is 16.8. The Morgan fingerprint density at radius 3 is 2.41 bits per heavy atom. The second kappa shape index (κ2) is 7.71. The van der Waals surface area contributed by atoms with E-state index in [2.05, 4.69) is 20.6 Å². The number of rotatable bonds is 3. The lowest BCUT2D eigenvalue weighted by Crippen LogP contribution is -2.23. The summed E-state index contributed by atoms with van der Waals surface area (Å²) in [5, 5.41) is 4.98. The minimum atomic E-state index is -4.67. The van der Waals surface area contributed by atoms with E-state index in [4.69, 9.17) is 0 Å². The van der Waals surface area contributed by atoms with Crippen LogP contribution in [-0.4, -0.2) is 30.2 Å². The number of nitrogens with one attached hydrogen (secondary N) is 2. The van der Waals surface area contributed by atoms with E-state index < -0.39 is 33.7 Å². The summed E-state index contributed by atoms with van der Waals surface area (Å²) in [4.78, 5) is 31.1. The molecule has 2 heterocycles. The van der Waals surface area contributed by atoms with Crippen molar-refractivity contribution in [1.29, 1.82) is 0 Å². The predicted octanol–water partition coefficient (Wildman–Crippen LogP) is 2.82. The van der Waals surface area contributed by atoms with E-state index >= 15 is 0 Å². The first-order chi connectivity index (χ1) is 15.1. The minimum Gasteiger partial charge on any atom is -0.348 e. The zero-order valence-electron chi connectivity index (χ0n) is 16.0. The Bertz CT molecular complexity index is 1340. The number of amides is 2. The Hall–Kier alpha value is -3.80. The van der Waals surface area contributed by atoms with Crippen LogP contribution in [0.25, 0.3) is 0 Å². The van der Waals surface area contributed by atoms with E-state index in [1.54, 1.807) is 0 Å². The first kappa shape index (κ1) is 21.4. The second-order valence-electron chi connectivity index (χ2n) is 6.76. The Morgan fingerprint density at radius 2 is 1.72 bits per heavy atom. The lowest BCUT2D eigenvalue weighted by molar-refractivity contribution is -0.145. The first-order valence-electron chi connectivity index (χ1n) is 9.03. The lowest BCUT2D eigenvalue weighted by Gasteiger charge is -2.10. The molecular formula is C20H13F3N4O4S. The Balaban J connectivity index is 1.56. The van der Waals surface area contributed by atoms with Gasteiger partial charge in [-0.15, -0.1) is 0 Å². The summed E-state index contributed by atoms with van der Waals surface area (Å²) >= 11 is 0. The van der Waals surface area contributed by atoms with E-state index in [9.17, 15) is 31.2 Å². The maximum absolute atomic E-state index is 13.0. The molecule has 2 amide bonds. The number of alkyl halides is 3. The largest absolute Gasteiger partial charge is 0.451 e. The molecule has 0 unspecified atom stereocenters. The van der Waals surface area contributed by atoms with Crippen molar-refractivity contribution in [2.45, 2.75) is 22.5 Å². The van der Waals surface area contributed by atoms with Gasteiger partial charge in [0.1, 0.15) is 0 Å². The van der Waals surface area contributed by atoms with Crippen molar-refractivity contribution in [3.8, 4) is 0 Å². The summed E-state index contributed by atoms with van der Waals surface area (Å²) in [5.74, 6) is -2.57. The van der Waals surface area contributed by atoms with Crippen LogP contribution in [0.1, 0.15) is 32.1 Å². The lowest BCUT2D eigenvalue weighted by atomic mass is 10.1. The van der Waals surface area contributed by atoms with Gasteiger partial charge in [-0.05, 0) is 30.3 Å². The van der Waals surface area contributed by atoms with Crippen LogP contribution in [0.3, 0.4) is 0 Å². The molecule has 0 saturated heterocycles. The maximum atomic E-state index is 13.0. The molecule has 32 heavy (non-hydrogen) atoms. The van der Waals surface area contributed by atoms with Crippen molar-refractivity contribution in [3.05, 3.63) is 77.4 Å². The highest BCUT2D eigenvalue weighted by molar-refractivity contribution is 7.91. The fourth-order valence-corrected chi connectivity index (χ4v) is 4.67. The fourth-order valence-electron chi connectivity index (χ4n) is 3.08. The van der Waals surface area contributed by atoms with Gasteiger partial charge in [0.15, 0.2) is 0 Å². The summed E-state index contributed by atoms with van der Waals surface area (Å²) in [6, 6.07) is 9.45. The Kier molecular flexibility index (Phi) is 5.17. The van der Waals surface area contributed by atoms with E-state index in [-0.39, 0.29) is 38.7 Å². The first-order valence-corrected chi connectivity index (χ1v) is 10.5. The number of fused-ring (bicyclic) bond motifs is 2. The minimum absolute atomic E-state index is 0.0167. The van der Waals surface area contributed by atoms with Crippen LogP contribution in [0.2, 0.25) is 0 Å². The fraction of sp³-hybridized carbons (Fsp3) is 0.100. The topological polar surface area (TPSA) is 118 Å². The van der Waals surface area contributed by atoms with Crippen LogP contribution >= 0.6 is 0 Å². The van der Waals surface area contributed by atoms with Crippen LogP contribution in [0.5, 0.6) is 0 Å². The van der Waals surface area contributed by atoms with Gasteiger partial charge in [0.25, 0.3) is 11.8 Å². The summed E-state index contributed by atoms with van der Waals surface area (Å²) in [6.07, 6.45) is -2.79. The molecule has 0 radical (unpaired) electrons. The number of benzene rings is 2. The molecule has 0 atom stereocenters. The molecule has 164 valence electrons. The third-order valence-electron chi connectivity index (χ3n) is 4.61. The van der Waals surface area contributed by atoms with Crippen molar-refractivity contribution in [3.63, 3.8) is 0 Å². The van der Waals surface area contributed by atoms with E-state index in [0.29, 0.717) is 0 Å². The van der Waals surface area contributed by atoms with Gasteiger partial charge in [-0.3, -0.25) is 9.59 Å². The highest BCUT2D eigenvalue weighted by atomic mass is 32.2. The maximum Gasteiger partial charge on any atom is 0.451 e. The second-order valence-corrected chi connectivity index (χ2v) is 8.65. The van der Waals surface area contributed by atoms with Gasteiger partial charge < -0.3 is 10.6 Å². The van der Waals surface area contributed by atoms with E-state index in [1.165, 1.54) is 42.5 Å². The molecule has 0 bridgehead atoms. The number of sulfone groups is 1. The summed E-state index contributed by atoms with van der Waals surface area (Å²) in [5.41, 5.74) is 0.194. The normalized spacial score (nSPS) is 14.5. The van der Waals surface area contributed by atoms with Crippen molar-refractivity contribution >= 4 is 27.3 Å².